The van der Waals surface area contributed by atoms with Crippen LogP contribution < -0.4 is 16.8 Å². The van der Waals surface area contributed by atoms with Crippen molar-refractivity contribution in [2.75, 3.05) is 0 Å². The number of carboxylic acids is 2. The van der Waals surface area contributed by atoms with E-state index in [4.69, 9.17) is 33.3 Å². The lowest BCUT2D eigenvalue weighted by Gasteiger charge is -2.13. The van der Waals surface area contributed by atoms with Crippen molar-refractivity contribution in [2.45, 2.75) is 12.5 Å². The van der Waals surface area contributed by atoms with Crippen LogP contribution in [0, 0.1) is 0 Å². The number of nitrogens with two attached hydrogens (primary N) is 2. The summed E-state index contributed by atoms with van der Waals surface area (Å²) >= 11 is 6.06. The number of rotatable bonds is 6. The minimum absolute atomic E-state index is 0.0604. The summed E-state index contributed by atoms with van der Waals surface area (Å²) in [5, 5.41) is 21.1. The molecule has 136 valence electrons. The Morgan fingerprint density at radius 2 is 1.92 bits per heavy atom. The van der Waals surface area contributed by atoms with E-state index in [0.717, 1.165) is 0 Å². The van der Waals surface area contributed by atoms with Crippen molar-refractivity contribution in [3.63, 3.8) is 0 Å². The van der Waals surface area contributed by atoms with Gasteiger partial charge in [-0.2, -0.15) is 4.99 Å². The number of pyridine rings is 1. The maximum Gasteiger partial charge on any atom is 0.326 e. The van der Waals surface area contributed by atoms with E-state index >= 15 is 0 Å². The zero-order valence-electron chi connectivity index (χ0n) is 13.1. The van der Waals surface area contributed by atoms with Crippen LogP contribution in [-0.4, -0.2) is 45.0 Å². The van der Waals surface area contributed by atoms with Crippen LogP contribution in [0.25, 0.3) is 10.8 Å². The van der Waals surface area contributed by atoms with Crippen LogP contribution in [0.3, 0.4) is 0 Å². The molecule has 26 heavy (non-hydrogen) atoms. The predicted octanol–water partition coefficient (Wildman–Crippen LogP) is 0.451. The first-order valence-corrected chi connectivity index (χ1v) is 7.50. The number of fused-ring (bicyclic) bond motifs is 1. The number of aliphatic carboxylic acids is 2. The number of carboxylic acid groups (broad SMARTS) is 2. The van der Waals surface area contributed by atoms with E-state index in [0.29, 0.717) is 15.8 Å². The van der Waals surface area contributed by atoms with Gasteiger partial charge in [0, 0.05) is 22.5 Å². The monoisotopic (exact) mass is 379 g/mol. The van der Waals surface area contributed by atoms with E-state index < -0.39 is 30.3 Å². The molecular formula is C15H14ClN5O5. The number of aromatic nitrogens is 1. The molecule has 1 amide bonds. The Hall–Kier alpha value is -3.40. The van der Waals surface area contributed by atoms with Gasteiger partial charge in [-0.25, -0.2) is 9.78 Å². The summed E-state index contributed by atoms with van der Waals surface area (Å²) in [6, 6.07) is 2.73. The Labute approximate surface area is 151 Å². The summed E-state index contributed by atoms with van der Waals surface area (Å²) in [6.45, 7) is 0. The van der Waals surface area contributed by atoms with Crippen LogP contribution in [0.4, 0.5) is 5.82 Å². The van der Waals surface area contributed by atoms with Crippen LogP contribution in [0.15, 0.2) is 29.4 Å². The average Bonchev–Trinajstić information content (AvgIpc) is 2.55. The Balaban J connectivity index is 2.43. The third-order valence-electron chi connectivity index (χ3n) is 3.30. The van der Waals surface area contributed by atoms with Crippen molar-refractivity contribution >= 4 is 52.0 Å². The normalized spacial score (nSPS) is 11.6. The molecule has 0 saturated heterocycles. The molecule has 0 radical (unpaired) electrons. The van der Waals surface area contributed by atoms with Crippen molar-refractivity contribution < 1.29 is 24.6 Å². The standard InChI is InChI=1S/C15H14ClN5O5/c16-9-5-19-12(21-15(17)18)8-3-6(1-2-7(8)9)13(24)20-10(14(25)26)4-11(22)23/h1-3,5,10H,4H2,(H,20,24)(H,22,23)(H,25,26)(H4,17,18,19,21). The minimum Gasteiger partial charge on any atom is -0.481 e. The SMILES string of the molecule is NC(N)=Nc1ncc(Cl)c2ccc(C(=O)NC(CC(=O)O)C(=O)O)cc12. The highest BCUT2D eigenvalue weighted by Gasteiger charge is 2.24. The van der Waals surface area contributed by atoms with Gasteiger partial charge in [-0.3, -0.25) is 9.59 Å². The van der Waals surface area contributed by atoms with Gasteiger partial charge in [-0.05, 0) is 12.1 Å². The van der Waals surface area contributed by atoms with Crippen LogP contribution >= 0.6 is 11.6 Å². The summed E-state index contributed by atoms with van der Waals surface area (Å²) in [7, 11) is 0. The highest BCUT2D eigenvalue weighted by Crippen LogP contribution is 2.30. The molecule has 1 unspecified atom stereocenters. The number of hydrogen-bond donors (Lipinski definition) is 5. The number of halogens is 1. The van der Waals surface area contributed by atoms with Gasteiger partial charge >= 0.3 is 11.9 Å². The summed E-state index contributed by atoms with van der Waals surface area (Å²) in [5.74, 6) is -3.73. The fourth-order valence-electron chi connectivity index (χ4n) is 2.16. The van der Waals surface area contributed by atoms with Gasteiger partial charge < -0.3 is 27.0 Å². The van der Waals surface area contributed by atoms with Crippen molar-refractivity contribution in [2.24, 2.45) is 16.5 Å². The van der Waals surface area contributed by atoms with Crippen LogP contribution in [0.2, 0.25) is 5.02 Å². The van der Waals surface area contributed by atoms with Gasteiger partial charge in [0.15, 0.2) is 11.8 Å². The maximum absolute atomic E-state index is 12.3. The van der Waals surface area contributed by atoms with Gasteiger partial charge in [0.2, 0.25) is 0 Å². The Kier molecular flexibility index (Phi) is 5.58. The van der Waals surface area contributed by atoms with Crippen LogP contribution in [0.1, 0.15) is 16.8 Å². The van der Waals surface area contributed by atoms with Crippen molar-refractivity contribution in [3.05, 3.63) is 35.0 Å². The first kappa shape index (κ1) is 18.9. The Bertz CT molecular complexity index is 926. The molecule has 1 atom stereocenters. The summed E-state index contributed by atoms with van der Waals surface area (Å²) in [6.07, 6.45) is 0.583. The fourth-order valence-corrected chi connectivity index (χ4v) is 2.38. The molecule has 1 aromatic heterocycles. The van der Waals surface area contributed by atoms with E-state index in [2.05, 4.69) is 15.3 Å². The fraction of sp³-hybridized carbons (Fsp3) is 0.133. The van der Waals surface area contributed by atoms with Gasteiger partial charge in [0.1, 0.15) is 6.04 Å². The number of guanidine groups is 1. The van der Waals surface area contributed by atoms with Crippen molar-refractivity contribution in [3.8, 4) is 0 Å². The van der Waals surface area contributed by atoms with Crippen LogP contribution in [-0.2, 0) is 9.59 Å². The smallest absolute Gasteiger partial charge is 0.326 e. The molecule has 2 aromatic rings. The van der Waals surface area contributed by atoms with Gasteiger partial charge in [-0.15, -0.1) is 0 Å². The molecule has 0 saturated carbocycles. The summed E-state index contributed by atoms with van der Waals surface area (Å²) < 4.78 is 0. The second-order valence-corrected chi connectivity index (χ2v) is 5.60. The lowest BCUT2D eigenvalue weighted by molar-refractivity contribution is -0.145. The summed E-state index contributed by atoms with van der Waals surface area (Å²) in [5.41, 5.74) is 10.8. The third kappa shape index (κ3) is 4.36. The quantitative estimate of drug-likeness (QED) is 0.354. The van der Waals surface area contributed by atoms with E-state index in [1.54, 1.807) is 0 Å². The molecule has 0 aliphatic heterocycles. The zero-order chi connectivity index (χ0) is 19.4. The topological polar surface area (TPSA) is 181 Å². The number of nitrogens with one attached hydrogen (secondary N) is 1. The molecule has 2 rings (SSSR count). The Morgan fingerprint density at radius 1 is 1.23 bits per heavy atom. The van der Waals surface area contributed by atoms with Gasteiger partial charge in [0.25, 0.3) is 5.91 Å². The molecule has 0 spiro atoms. The molecule has 0 fully saturated rings. The molecule has 0 aliphatic rings. The van der Waals surface area contributed by atoms with Crippen LogP contribution in [0.5, 0.6) is 0 Å². The number of aliphatic imine (C=N–C) groups is 1. The number of carbonyl (C=O) groups is 3. The first-order valence-electron chi connectivity index (χ1n) is 7.12. The third-order valence-corrected chi connectivity index (χ3v) is 3.60. The first-order chi connectivity index (χ1) is 12.2. The van der Waals surface area contributed by atoms with E-state index in [1.807, 2.05) is 0 Å². The van der Waals surface area contributed by atoms with Gasteiger partial charge in [0.05, 0.1) is 11.4 Å². The lowest BCUT2D eigenvalue weighted by Crippen LogP contribution is -2.42. The van der Waals surface area contributed by atoms with Crippen molar-refractivity contribution in [1.29, 1.82) is 0 Å². The molecule has 11 heteroatoms. The molecule has 0 bridgehead atoms. The number of benzene rings is 1. The van der Waals surface area contributed by atoms with E-state index in [9.17, 15) is 14.4 Å². The van der Waals surface area contributed by atoms with E-state index in [-0.39, 0.29) is 17.3 Å². The molecule has 0 aliphatic carbocycles. The average molecular weight is 380 g/mol. The minimum atomic E-state index is -1.58. The second kappa shape index (κ2) is 7.66. The number of carbonyl (C=O) groups excluding carboxylic acids is 1. The van der Waals surface area contributed by atoms with E-state index in [1.165, 1.54) is 24.4 Å². The maximum atomic E-state index is 12.3. The Morgan fingerprint density at radius 3 is 2.50 bits per heavy atom. The number of nitrogens with zero attached hydrogens (tertiary/aromatic N) is 2. The zero-order valence-corrected chi connectivity index (χ0v) is 13.9. The molecule has 10 nitrogen and oxygen atoms in total. The van der Waals surface area contributed by atoms with Gasteiger partial charge in [-0.1, -0.05) is 17.7 Å². The second-order valence-electron chi connectivity index (χ2n) is 5.19. The molecule has 7 N–H and O–H groups in total. The summed E-state index contributed by atoms with van der Waals surface area (Å²) in [4.78, 5) is 41.9. The molecular weight excluding hydrogens is 366 g/mol. The van der Waals surface area contributed by atoms with Crippen molar-refractivity contribution in [1.82, 2.24) is 10.3 Å². The largest absolute Gasteiger partial charge is 0.481 e. The highest BCUT2D eigenvalue weighted by molar-refractivity contribution is 6.35. The predicted molar refractivity (Wildman–Crippen MR) is 93.4 cm³/mol. The number of hydrogen-bond acceptors (Lipinski definition) is 5. The number of amides is 1. The highest BCUT2D eigenvalue weighted by atomic mass is 35.5. The molecule has 1 heterocycles. The molecule has 1 aromatic carbocycles. The lowest BCUT2D eigenvalue weighted by atomic mass is 10.1.